The third kappa shape index (κ3) is 7.47. The van der Waals surface area contributed by atoms with Crippen molar-refractivity contribution in [3.63, 3.8) is 0 Å². The first-order valence-corrected chi connectivity index (χ1v) is 13.2. The van der Waals surface area contributed by atoms with Crippen molar-refractivity contribution >= 4 is 47.1 Å². The molecule has 0 aromatic heterocycles. The van der Waals surface area contributed by atoms with Gasteiger partial charge in [-0.25, -0.2) is 0 Å². The first-order valence-electron chi connectivity index (χ1n) is 12.8. The van der Waals surface area contributed by atoms with Gasteiger partial charge in [0.15, 0.2) is 17.3 Å². The number of imide groups is 1. The Kier molecular flexibility index (Phi) is 10.1. The summed E-state index contributed by atoms with van der Waals surface area (Å²) in [6.45, 7) is 5.16. The highest BCUT2D eigenvalue weighted by Crippen LogP contribution is 2.27. The van der Waals surface area contributed by atoms with Gasteiger partial charge in [0.1, 0.15) is 5.92 Å². The minimum atomic E-state index is -1.18. The van der Waals surface area contributed by atoms with E-state index in [-0.39, 0.29) is 23.8 Å². The molecule has 1 saturated heterocycles. The van der Waals surface area contributed by atoms with Gasteiger partial charge in [-0.05, 0) is 53.8 Å². The van der Waals surface area contributed by atoms with Crippen LogP contribution >= 0.6 is 11.6 Å². The van der Waals surface area contributed by atoms with Crippen molar-refractivity contribution in [3.8, 4) is 11.5 Å². The van der Waals surface area contributed by atoms with E-state index >= 15 is 0 Å². The Hall–Kier alpha value is -4.18. The van der Waals surface area contributed by atoms with Crippen LogP contribution in [0.5, 0.6) is 11.5 Å². The van der Waals surface area contributed by atoms with Crippen LogP contribution < -0.4 is 16.0 Å². The van der Waals surface area contributed by atoms with Crippen LogP contribution in [0.15, 0.2) is 48.5 Å². The number of Topliss-reactive ketones (excluding diaryl/α,β-unsaturated/α-hetero) is 1. The van der Waals surface area contributed by atoms with Crippen molar-refractivity contribution in [3.05, 3.63) is 64.7 Å². The number of nitrogens with one attached hydrogen (secondary N) is 3. The minimum Gasteiger partial charge on any atom is -0.504 e. The molecule has 0 saturated carbocycles. The number of phenolic OH excluding ortho intramolecular Hbond substituents is 2. The smallest absolute Gasteiger partial charge is 0.244 e. The van der Waals surface area contributed by atoms with Crippen LogP contribution in [-0.4, -0.2) is 45.7 Å². The van der Waals surface area contributed by atoms with Gasteiger partial charge in [-0.15, -0.1) is 0 Å². The average molecular weight is 570 g/mol. The fourth-order valence-electron chi connectivity index (χ4n) is 4.56. The summed E-state index contributed by atoms with van der Waals surface area (Å²) >= 11 is 6.14. The van der Waals surface area contributed by atoms with Crippen LogP contribution in [-0.2, 0) is 24.0 Å². The lowest BCUT2D eigenvalue weighted by Gasteiger charge is -2.26. The Morgan fingerprint density at radius 2 is 1.75 bits per heavy atom. The number of carbonyl (C=O) groups is 5. The van der Waals surface area contributed by atoms with Gasteiger partial charge >= 0.3 is 0 Å². The molecular weight excluding hydrogens is 538 g/mol. The molecule has 0 radical (unpaired) electrons. The molecule has 4 atom stereocenters. The van der Waals surface area contributed by atoms with Gasteiger partial charge in [0.05, 0.1) is 24.4 Å². The molecule has 1 aliphatic rings. The summed E-state index contributed by atoms with van der Waals surface area (Å²) in [5, 5.41) is 27.2. The zero-order valence-corrected chi connectivity index (χ0v) is 23.1. The maximum absolute atomic E-state index is 13.3. The number of rotatable bonds is 11. The number of ketones is 1. The summed E-state index contributed by atoms with van der Waals surface area (Å²) < 4.78 is 0. The topological polar surface area (TPSA) is 162 Å². The fraction of sp³-hybridized carbons (Fsp3) is 0.345. The number of aromatic hydroxyl groups is 2. The molecule has 11 heteroatoms. The van der Waals surface area contributed by atoms with Gasteiger partial charge in [0.25, 0.3) is 0 Å². The van der Waals surface area contributed by atoms with Crippen molar-refractivity contribution in [2.45, 2.75) is 45.7 Å². The summed E-state index contributed by atoms with van der Waals surface area (Å²) in [5.74, 6) is -5.79. The largest absolute Gasteiger partial charge is 0.504 e. The molecule has 40 heavy (non-hydrogen) atoms. The van der Waals surface area contributed by atoms with Crippen LogP contribution in [0.25, 0.3) is 6.08 Å². The molecule has 1 unspecified atom stereocenters. The first kappa shape index (κ1) is 30.4. The van der Waals surface area contributed by atoms with E-state index in [1.165, 1.54) is 30.4 Å². The first-order chi connectivity index (χ1) is 18.9. The highest BCUT2D eigenvalue weighted by Gasteiger charge is 2.47. The summed E-state index contributed by atoms with van der Waals surface area (Å²) in [6.07, 6.45) is 2.69. The average Bonchev–Trinajstić information content (AvgIpc) is 3.19. The highest BCUT2D eigenvalue weighted by molar-refractivity contribution is 6.30. The van der Waals surface area contributed by atoms with Crippen LogP contribution in [0.1, 0.15) is 50.8 Å². The SMILES string of the molecule is CC[C@@H]1C(=O)NC(=O)[C@H]1C(=O)[C@@H](NC(=O)CC(NC(=O)/C=C/c1ccc(O)c(O)c1)c1cccc(Cl)c1)C(C)C. The minimum absolute atomic E-state index is 0.247. The highest BCUT2D eigenvalue weighted by atomic mass is 35.5. The molecule has 0 aliphatic carbocycles. The molecular formula is C29H32ClN3O7. The molecule has 10 nitrogen and oxygen atoms in total. The molecule has 4 amide bonds. The third-order valence-electron chi connectivity index (χ3n) is 6.69. The van der Waals surface area contributed by atoms with E-state index in [4.69, 9.17) is 11.6 Å². The Bertz CT molecular complexity index is 1340. The molecule has 0 spiro atoms. The summed E-state index contributed by atoms with van der Waals surface area (Å²) in [6, 6.07) is 8.83. The Morgan fingerprint density at radius 3 is 2.38 bits per heavy atom. The Morgan fingerprint density at radius 1 is 1.02 bits per heavy atom. The second-order valence-corrected chi connectivity index (χ2v) is 10.4. The third-order valence-corrected chi connectivity index (χ3v) is 6.92. The van der Waals surface area contributed by atoms with Crippen LogP contribution in [0.2, 0.25) is 5.02 Å². The predicted molar refractivity (Wildman–Crippen MR) is 148 cm³/mol. The molecule has 212 valence electrons. The van der Waals surface area contributed by atoms with E-state index in [0.717, 1.165) is 0 Å². The van der Waals surface area contributed by atoms with Crippen molar-refractivity contribution < 1.29 is 34.2 Å². The van der Waals surface area contributed by atoms with Gasteiger partial charge in [-0.3, -0.25) is 29.3 Å². The van der Waals surface area contributed by atoms with E-state index in [1.54, 1.807) is 45.0 Å². The lowest BCUT2D eigenvalue weighted by atomic mass is 9.83. The number of amides is 4. The molecule has 2 aromatic rings. The second kappa shape index (κ2) is 13.3. The lowest BCUT2D eigenvalue weighted by molar-refractivity contribution is -0.137. The van der Waals surface area contributed by atoms with Gasteiger partial charge in [0, 0.05) is 11.1 Å². The van der Waals surface area contributed by atoms with Gasteiger partial charge in [-0.1, -0.05) is 50.6 Å². The van der Waals surface area contributed by atoms with Crippen molar-refractivity contribution in [2.75, 3.05) is 0 Å². The number of benzene rings is 2. The Balaban J connectivity index is 1.77. The monoisotopic (exact) mass is 569 g/mol. The van der Waals surface area contributed by atoms with E-state index in [1.807, 2.05) is 0 Å². The van der Waals surface area contributed by atoms with Crippen LogP contribution in [0.3, 0.4) is 0 Å². The normalized spacial score (nSPS) is 18.4. The van der Waals surface area contributed by atoms with Crippen molar-refractivity contribution in [1.29, 1.82) is 0 Å². The molecule has 1 fully saturated rings. The molecule has 0 bridgehead atoms. The molecule has 5 N–H and O–H groups in total. The zero-order chi connectivity index (χ0) is 29.6. The lowest BCUT2D eigenvalue weighted by Crippen LogP contribution is -2.49. The van der Waals surface area contributed by atoms with Crippen LogP contribution in [0.4, 0.5) is 0 Å². The van der Waals surface area contributed by atoms with E-state index in [0.29, 0.717) is 22.6 Å². The summed E-state index contributed by atoms with van der Waals surface area (Å²) in [5.41, 5.74) is 1.01. The van der Waals surface area contributed by atoms with Gasteiger partial charge in [-0.2, -0.15) is 0 Å². The number of halogens is 1. The molecule has 1 heterocycles. The number of hydrogen-bond acceptors (Lipinski definition) is 7. The van der Waals surface area contributed by atoms with Gasteiger partial charge < -0.3 is 20.8 Å². The summed E-state index contributed by atoms with van der Waals surface area (Å²) in [7, 11) is 0. The van der Waals surface area contributed by atoms with Gasteiger partial charge in [0.2, 0.25) is 23.6 Å². The predicted octanol–water partition coefficient (Wildman–Crippen LogP) is 3.02. The molecule has 2 aromatic carbocycles. The van der Waals surface area contributed by atoms with E-state index in [9.17, 15) is 34.2 Å². The standard InChI is InChI=1S/C29H32ClN3O7/c1-4-19-25(29(40)33-28(19)39)27(38)26(15(2)3)32-24(37)14-20(17-6-5-7-18(30)13-17)31-23(36)11-9-16-8-10-21(34)22(35)12-16/h5-13,15,19-20,25-26,34-35H,4,14H2,1-3H3,(H,31,36)(H,32,37)(H,33,39,40)/b11-9+/t19-,20?,25+,26-/m0/s1. The number of phenols is 2. The fourth-order valence-corrected chi connectivity index (χ4v) is 4.76. The van der Waals surface area contributed by atoms with E-state index in [2.05, 4.69) is 16.0 Å². The zero-order valence-electron chi connectivity index (χ0n) is 22.3. The molecule has 1 aliphatic heterocycles. The quantitative estimate of drug-likeness (QED) is 0.120. The number of carbonyl (C=O) groups excluding carboxylic acids is 5. The number of hydrogen-bond donors (Lipinski definition) is 5. The molecule has 3 rings (SSSR count). The van der Waals surface area contributed by atoms with Crippen molar-refractivity contribution in [1.82, 2.24) is 16.0 Å². The Labute approximate surface area is 236 Å². The maximum Gasteiger partial charge on any atom is 0.244 e. The van der Waals surface area contributed by atoms with Crippen LogP contribution in [0, 0.1) is 17.8 Å². The van der Waals surface area contributed by atoms with E-state index < -0.39 is 53.3 Å². The summed E-state index contributed by atoms with van der Waals surface area (Å²) in [4.78, 5) is 63.8. The van der Waals surface area contributed by atoms with Crippen molar-refractivity contribution in [2.24, 2.45) is 17.8 Å². The maximum atomic E-state index is 13.3. The second-order valence-electron chi connectivity index (χ2n) is 9.94.